The average Bonchev–Trinajstić information content (AvgIpc) is 2.42. The van der Waals surface area contributed by atoms with Gasteiger partial charge in [-0.05, 0) is 50.6 Å². The van der Waals surface area contributed by atoms with Crippen LogP contribution >= 0.6 is 0 Å². The molecular weight excluding hydrogens is 244 g/mol. The van der Waals surface area contributed by atoms with Crippen molar-refractivity contribution in [2.45, 2.75) is 84.2 Å². The Morgan fingerprint density at radius 3 is 2.40 bits per heavy atom. The van der Waals surface area contributed by atoms with Crippen LogP contribution in [0.5, 0.6) is 0 Å². The second kappa shape index (κ2) is 7.26. The molecule has 2 fully saturated rings. The van der Waals surface area contributed by atoms with E-state index in [9.17, 15) is 0 Å². The lowest BCUT2D eigenvalue weighted by atomic mass is 9.70. The Morgan fingerprint density at radius 1 is 1.05 bits per heavy atom. The first kappa shape index (κ1) is 16.3. The van der Waals surface area contributed by atoms with E-state index in [1.807, 2.05) is 0 Å². The standard InChI is InChI=1S/C18H36N2/c1-5-19-17-16(12-9-13-18(17,2)3)20(4)14-15-10-7-6-8-11-15/h15-17,19H,5-14H2,1-4H3. The maximum absolute atomic E-state index is 3.80. The van der Waals surface area contributed by atoms with E-state index in [2.05, 4.69) is 38.0 Å². The molecule has 0 amide bonds. The molecule has 2 unspecified atom stereocenters. The van der Waals surface area contributed by atoms with Crippen molar-refractivity contribution in [2.75, 3.05) is 20.1 Å². The van der Waals surface area contributed by atoms with Gasteiger partial charge in [-0.25, -0.2) is 0 Å². The molecule has 0 spiro atoms. The van der Waals surface area contributed by atoms with Crippen LogP contribution in [-0.4, -0.2) is 37.1 Å². The number of hydrogen-bond donors (Lipinski definition) is 1. The number of rotatable bonds is 5. The van der Waals surface area contributed by atoms with Crippen molar-refractivity contribution in [3.05, 3.63) is 0 Å². The summed E-state index contributed by atoms with van der Waals surface area (Å²) in [4.78, 5) is 2.70. The van der Waals surface area contributed by atoms with Gasteiger partial charge in [0.2, 0.25) is 0 Å². The molecule has 0 bridgehead atoms. The van der Waals surface area contributed by atoms with Crippen LogP contribution in [0, 0.1) is 11.3 Å². The van der Waals surface area contributed by atoms with Crippen LogP contribution in [0.25, 0.3) is 0 Å². The van der Waals surface area contributed by atoms with Crippen LogP contribution in [-0.2, 0) is 0 Å². The molecule has 2 aliphatic carbocycles. The zero-order valence-electron chi connectivity index (χ0n) is 14.3. The van der Waals surface area contributed by atoms with Gasteiger partial charge in [-0.15, -0.1) is 0 Å². The van der Waals surface area contributed by atoms with Crippen LogP contribution < -0.4 is 5.32 Å². The van der Waals surface area contributed by atoms with Gasteiger partial charge in [0, 0.05) is 18.6 Å². The van der Waals surface area contributed by atoms with Gasteiger partial charge in [0.05, 0.1) is 0 Å². The molecule has 2 rings (SSSR count). The monoisotopic (exact) mass is 280 g/mol. The van der Waals surface area contributed by atoms with Crippen molar-refractivity contribution in [2.24, 2.45) is 11.3 Å². The summed E-state index contributed by atoms with van der Waals surface area (Å²) in [6, 6.07) is 1.40. The molecule has 0 saturated heterocycles. The molecule has 118 valence electrons. The fraction of sp³-hybridized carbons (Fsp3) is 1.00. The zero-order chi connectivity index (χ0) is 14.6. The Balaban J connectivity index is 1.96. The lowest BCUT2D eigenvalue weighted by Crippen LogP contribution is -2.58. The quantitative estimate of drug-likeness (QED) is 0.817. The smallest absolute Gasteiger partial charge is 0.0274 e. The first-order valence-electron chi connectivity index (χ1n) is 8.98. The molecule has 2 atom stereocenters. The molecule has 0 heterocycles. The fourth-order valence-corrected chi connectivity index (χ4v) is 4.63. The van der Waals surface area contributed by atoms with E-state index in [0.717, 1.165) is 18.5 Å². The van der Waals surface area contributed by atoms with Gasteiger partial charge in [0.15, 0.2) is 0 Å². The number of hydrogen-bond acceptors (Lipinski definition) is 2. The first-order valence-corrected chi connectivity index (χ1v) is 8.98. The van der Waals surface area contributed by atoms with Crippen LogP contribution in [0.15, 0.2) is 0 Å². The summed E-state index contributed by atoms with van der Waals surface area (Å²) >= 11 is 0. The Kier molecular flexibility index (Phi) is 5.92. The predicted octanol–water partition coefficient (Wildman–Crippen LogP) is 4.06. The summed E-state index contributed by atoms with van der Waals surface area (Å²) in [7, 11) is 2.38. The highest BCUT2D eigenvalue weighted by molar-refractivity contribution is 4.97. The summed E-state index contributed by atoms with van der Waals surface area (Å²) < 4.78 is 0. The molecule has 2 nitrogen and oxygen atoms in total. The van der Waals surface area contributed by atoms with E-state index < -0.39 is 0 Å². The van der Waals surface area contributed by atoms with Crippen LogP contribution in [0.2, 0.25) is 0 Å². The molecule has 0 aromatic rings. The number of likely N-dealkylation sites (N-methyl/N-ethyl adjacent to an activating group) is 2. The molecule has 2 heteroatoms. The number of nitrogens with zero attached hydrogens (tertiary/aromatic N) is 1. The van der Waals surface area contributed by atoms with E-state index in [4.69, 9.17) is 0 Å². The predicted molar refractivity (Wildman–Crippen MR) is 88.1 cm³/mol. The molecule has 2 saturated carbocycles. The Labute approximate surface area is 126 Å². The molecule has 0 radical (unpaired) electrons. The van der Waals surface area contributed by atoms with Gasteiger partial charge in [0.1, 0.15) is 0 Å². The highest BCUT2D eigenvalue weighted by atomic mass is 15.2. The van der Waals surface area contributed by atoms with E-state index in [0.29, 0.717) is 11.5 Å². The largest absolute Gasteiger partial charge is 0.312 e. The second-order valence-corrected chi connectivity index (χ2v) is 7.93. The van der Waals surface area contributed by atoms with Gasteiger partial charge >= 0.3 is 0 Å². The van der Waals surface area contributed by atoms with Crippen LogP contribution in [0.1, 0.15) is 72.1 Å². The Bertz CT molecular complexity index is 281. The second-order valence-electron chi connectivity index (χ2n) is 7.93. The van der Waals surface area contributed by atoms with Crippen molar-refractivity contribution >= 4 is 0 Å². The molecule has 0 aromatic heterocycles. The van der Waals surface area contributed by atoms with Crippen molar-refractivity contribution in [3.63, 3.8) is 0 Å². The molecule has 2 aliphatic rings. The third kappa shape index (κ3) is 3.98. The Hall–Kier alpha value is -0.0800. The lowest BCUT2D eigenvalue weighted by Gasteiger charge is -2.48. The van der Waals surface area contributed by atoms with Crippen molar-refractivity contribution in [3.8, 4) is 0 Å². The molecule has 20 heavy (non-hydrogen) atoms. The van der Waals surface area contributed by atoms with E-state index >= 15 is 0 Å². The number of nitrogens with one attached hydrogen (secondary N) is 1. The minimum absolute atomic E-state index is 0.444. The van der Waals surface area contributed by atoms with Crippen molar-refractivity contribution in [1.29, 1.82) is 0 Å². The summed E-state index contributed by atoms with van der Waals surface area (Å²) in [5.41, 5.74) is 0.444. The minimum atomic E-state index is 0.444. The van der Waals surface area contributed by atoms with Crippen LogP contribution in [0.4, 0.5) is 0 Å². The lowest BCUT2D eigenvalue weighted by molar-refractivity contribution is 0.0518. The van der Waals surface area contributed by atoms with Crippen LogP contribution in [0.3, 0.4) is 0 Å². The maximum Gasteiger partial charge on any atom is 0.0274 e. The average molecular weight is 280 g/mol. The molecule has 1 N–H and O–H groups in total. The topological polar surface area (TPSA) is 15.3 Å². The van der Waals surface area contributed by atoms with Gasteiger partial charge in [-0.3, -0.25) is 0 Å². The van der Waals surface area contributed by atoms with Gasteiger partial charge in [0.25, 0.3) is 0 Å². The van der Waals surface area contributed by atoms with E-state index in [1.54, 1.807) is 0 Å². The third-order valence-electron chi connectivity index (χ3n) is 5.81. The fourth-order valence-electron chi connectivity index (χ4n) is 4.63. The molecular formula is C18H36N2. The van der Waals surface area contributed by atoms with E-state index in [-0.39, 0.29) is 0 Å². The normalized spacial score (nSPS) is 31.6. The summed E-state index contributed by atoms with van der Waals surface area (Å²) in [5.74, 6) is 0.959. The molecule has 0 aromatic carbocycles. The van der Waals surface area contributed by atoms with Crippen molar-refractivity contribution in [1.82, 2.24) is 10.2 Å². The SMILES string of the molecule is CCNC1C(N(C)CC2CCCCC2)CCCC1(C)C. The van der Waals surface area contributed by atoms with Gasteiger partial charge in [-0.2, -0.15) is 0 Å². The van der Waals surface area contributed by atoms with Gasteiger partial charge < -0.3 is 10.2 Å². The van der Waals surface area contributed by atoms with E-state index in [1.165, 1.54) is 57.9 Å². The molecule has 0 aliphatic heterocycles. The maximum atomic E-state index is 3.80. The summed E-state index contributed by atoms with van der Waals surface area (Å²) in [6.45, 7) is 9.59. The minimum Gasteiger partial charge on any atom is -0.312 e. The van der Waals surface area contributed by atoms with Crippen molar-refractivity contribution < 1.29 is 0 Å². The summed E-state index contributed by atoms with van der Waals surface area (Å²) in [5, 5.41) is 3.80. The summed E-state index contributed by atoms with van der Waals surface area (Å²) in [6.07, 6.45) is 11.5. The van der Waals surface area contributed by atoms with Gasteiger partial charge in [-0.1, -0.05) is 46.5 Å². The highest BCUT2D eigenvalue weighted by Gasteiger charge is 2.40. The third-order valence-corrected chi connectivity index (χ3v) is 5.81. The zero-order valence-corrected chi connectivity index (χ0v) is 14.3. The highest BCUT2D eigenvalue weighted by Crippen LogP contribution is 2.38. The first-order chi connectivity index (χ1) is 9.54. The Morgan fingerprint density at radius 2 is 1.75 bits per heavy atom.